The molecule has 2 aliphatic heterocycles. The van der Waals surface area contributed by atoms with Crippen LogP contribution in [0.4, 0.5) is 20.6 Å². The average molecular weight is 413 g/mol. The molecule has 1 atom stereocenters. The number of carbonyl (C=O) groups is 2. The highest BCUT2D eigenvalue weighted by molar-refractivity contribution is 5.90. The van der Waals surface area contributed by atoms with Gasteiger partial charge in [0.2, 0.25) is 5.91 Å². The number of amides is 2. The number of nitrogens with zero attached hydrogens (tertiary/aromatic N) is 2. The number of cyclic esters (lactones) is 1. The molecule has 0 saturated carbocycles. The van der Waals surface area contributed by atoms with E-state index in [4.69, 9.17) is 9.47 Å². The molecule has 0 aromatic heterocycles. The molecule has 2 heterocycles. The number of benzene rings is 2. The maximum absolute atomic E-state index is 14.9. The first-order valence-electron chi connectivity index (χ1n) is 9.96. The third-order valence-corrected chi connectivity index (χ3v) is 5.27. The largest absolute Gasteiger partial charge is 0.442 e. The highest BCUT2D eigenvalue weighted by Gasteiger charge is 2.32. The Morgan fingerprint density at radius 2 is 1.83 bits per heavy atom. The van der Waals surface area contributed by atoms with Crippen LogP contribution in [0.25, 0.3) is 11.1 Å². The van der Waals surface area contributed by atoms with Crippen LogP contribution in [-0.2, 0) is 14.3 Å². The molecule has 2 fully saturated rings. The maximum Gasteiger partial charge on any atom is 0.414 e. The van der Waals surface area contributed by atoms with Gasteiger partial charge in [-0.15, -0.1) is 0 Å². The molecule has 0 aliphatic carbocycles. The number of nitrogens with one attached hydrogen (secondary N) is 1. The fourth-order valence-corrected chi connectivity index (χ4v) is 3.68. The highest BCUT2D eigenvalue weighted by atomic mass is 19.1. The molecule has 1 N–H and O–H groups in total. The van der Waals surface area contributed by atoms with E-state index in [9.17, 15) is 14.0 Å². The van der Waals surface area contributed by atoms with Crippen LogP contribution in [0, 0.1) is 5.82 Å². The average Bonchev–Trinajstić information content (AvgIpc) is 3.13. The lowest BCUT2D eigenvalue weighted by Gasteiger charge is -2.29. The van der Waals surface area contributed by atoms with Crippen molar-refractivity contribution >= 4 is 23.4 Å². The highest BCUT2D eigenvalue weighted by Crippen LogP contribution is 2.30. The number of rotatable bonds is 5. The van der Waals surface area contributed by atoms with Crippen LogP contribution in [-0.4, -0.2) is 57.5 Å². The van der Waals surface area contributed by atoms with Crippen LogP contribution in [0.3, 0.4) is 0 Å². The summed E-state index contributed by atoms with van der Waals surface area (Å²) in [6.45, 7) is 5.00. The van der Waals surface area contributed by atoms with Crippen molar-refractivity contribution in [2.45, 2.75) is 13.0 Å². The SMILES string of the molecule is CC(=O)NC[C@H]1CN(c2ccc(-c3ccc(N4CCOCC4)cc3)c(F)c2)C(=O)O1. The lowest BCUT2D eigenvalue weighted by molar-refractivity contribution is -0.119. The Hall–Kier alpha value is -3.13. The predicted octanol–water partition coefficient (Wildman–Crippen LogP) is 2.79. The predicted molar refractivity (Wildman–Crippen MR) is 111 cm³/mol. The summed E-state index contributed by atoms with van der Waals surface area (Å²) in [5.41, 5.74) is 2.75. The number of hydrogen-bond donors (Lipinski definition) is 1. The normalized spacial score (nSPS) is 19.0. The first kappa shape index (κ1) is 20.2. The topological polar surface area (TPSA) is 71.1 Å². The van der Waals surface area contributed by atoms with Gasteiger partial charge in [-0.2, -0.15) is 0 Å². The van der Waals surface area contributed by atoms with Gasteiger partial charge < -0.3 is 19.7 Å². The molecular weight excluding hydrogens is 389 g/mol. The molecule has 30 heavy (non-hydrogen) atoms. The van der Waals surface area contributed by atoms with Gasteiger partial charge in [-0.05, 0) is 35.9 Å². The molecule has 2 amide bonds. The summed E-state index contributed by atoms with van der Waals surface area (Å²) in [6.07, 6.45) is -1.01. The summed E-state index contributed by atoms with van der Waals surface area (Å²) in [5.74, 6) is -0.607. The number of morpholine rings is 1. The van der Waals surface area contributed by atoms with Crippen LogP contribution in [0.15, 0.2) is 42.5 Å². The fraction of sp³-hybridized carbons (Fsp3) is 0.364. The zero-order chi connectivity index (χ0) is 21.1. The van der Waals surface area contributed by atoms with E-state index in [2.05, 4.69) is 10.2 Å². The molecule has 0 spiro atoms. The van der Waals surface area contributed by atoms with Crippen molar-refractivity contribution in [1.82, 2.24) is 5.32 Å². The molecule has 2 aromatic carbocycles. The Morgan fingerprint density at radius 1 is 1.13 bits per heavy atom. The second-order valence-electron chi connectivity index (χ2n) is 7.36. The van der Waals surface area contributed by atoms with E-state index in [1.54, 1.807) is 12.1 Å². The standard InChI is InChI=1S/C22H24FN3O4/c1-15(27)24-13-19-14-26(22(28)30-19)18-6-7-20(21(23)12-18)16-2-4-17(5-3-16)25-8-10-29-11-9-25/h2-7,12,19H,8-11,13-14H2,1H3,(H,24,27)/t19-/m0/s1. The second kappa shape index (κ2) is 8.71. The molecular formula is C22H24FN3O4. The van der Waals surface area contributed by atoms with E-state index in [1.165, 1.54) is 17.9 Å². The number of carbonyl (C=O) groups excluding carboxylic acids is 2. The number of anilines is 2. The summed E-state index contributed by atoms with van der Waals surface area (Å²) in [5, 5.41) is 2.62. The minimum absolute atomic E-state index is 0.195. The van der Waals surface area contributed by atoms with E-state index < -0.39 is 18.0 Å². The van der Waals surface area contributed by atoms with Gasteiger partial charge >= 0.3 is 6.09 Å². The number of hydrogen-bond acceptors (Lipinski definition) is 5. The Morgan fingerprint density at radius 3 is 2.50 bits per heavy atom. The van der Waals surface area contributed by atoms with Crippen molar-refractivity contribution in [3.63, 3.8) is 0 Å². The molecule has 2 aromatic rings. The van der Waals surface area contributed by atoms with Crippen LogP contribution in [0.5, 0.6) is 0 Å². The van der Waals surface area contributed by atoms with Gasteiger partial charge in [0.15, 0.2) is 0 Å². The van der Waals surface area contributed by atoms with Crippen LogP contribution >= 0.6 is 0 Å². The van der Waals surface area contributed by atoms with E-state index in [-0.39, 0.29) is 19.0 Å². The third kappa shape index (κ3) is 4.38. The lowest BCUT2D eigenvalue weighted by Crippen LogP contribution is -2.36. The van der Waals surface area contributed by atoms with Crippen molar-refractivity contribution in [3.8, 4) is 11.1 Å². The molecule has 2 aliphatic rings. The Kier molecular flexibility index (Phi) is 5.85. The molecule has 2 saturated heterocycles. The van der Waals surface area contributed by atoms with Gasteiger partial charge in [0.05, 0.1) is 32.0 Å². The summed E-state index contributed by atoms with van der Waals surface area (Å²) in [6, 6.07) is 12.5. The van der Waals surface area contributed by atoms with Gasteiger partial charge in [-0.25, -0.2) is 9.18 Å². The van der Waals surface area contributed by atoms with Crippen LogP contribution < -0.4 is 15.1 Å². The minimum atomic E-state index is -0.549. The first-order chi connectivity index (χ1) is 14.5. The van der Waals surface area contributed by atoms with Gasteiger partial charge in [-0.3, -0.25) is 9.69 Å². The third-order valence-electron chi connectivity index (χ3n) is 5.27. The van der Waals surface area contributed by atoms with Gasteiger partial charge in [0.25, 0.3) is 0 Å². The van der Waals surface area contributed by atoms with Gasteiger partial charge in [0.1, 0.15) is 11.9 Å². The smallest absolute Gasteiger partial charge is 0.414 e. The van der Waals surface area contributed by atoms with Crippen molar-refractivity contribution in [2.24, 2.45) is 0 Å². The molecule has 7 nitrogen and oxygen atoms in total. The minimum Gasteiger partial charge on any atom is -0.442 e. The summed E-state index contributed by atoms with van der Waals surface area (Å²) < 4.78 is 25.5. The number of halogens is 1. The van der Waals surface area contributed by atoms with Crippen molar-refractivity contribution in [1.29, 1.82) is 0 Å². The number of ether oxygens (including phenoxy) is 2. The van der Waals surface area contributed by atoms with Crippen molar-refractivity contribution < 1.29 is 23.5 Å². The zero-order valence-electron chi connectivity index (χ0n) is 16.8. The van der Waals surface area contributed by atoms with Gasteiger partial charge in [-0.1, -0.05) is 12.1 Å². The van der Waals surface area contributed by atoms with Gasteiger partial charge in [0, 0.05) is 31.3 Å². The fourth-order valence-electron chi connectivity index (χ4n) is 3.68. The second-order valence-corrected chi connectivity index (χ2v) is 7.36. The van der Waals surface area contributed by atoms with E-state index >= 15 is 0 Å². The lowest BCUT2D eigenvalue weighted by atomic mass is 10.0. The summed E-state index contributed by atoms with van der Waals surface area (Å²) in [7, 11) is 0. The summed E-state index contributed by atoms with van der Waals surface area (Å²) >= 11 is 0. The maximum atomic E-state index is 14.9. The molecule has 0 unspecified atom stereocenters. The van der Waals surface area contributed by atoms with Crippen molar-refractivity contribution in [3.05, 3.63) is 48.3 Å². The Bertz CT molecular complexity index is 928. The van der Waals surface area contributed by atoms with E-state index in [0.717, 1.165) is 24.3 Å². The molecule has 158 valence electrons. The van der Waals surface area contributed by atoms with Crippen molar-refractivity contribution in [2.75, 3.05) is 49.2 Å². The molecule has 0 radical (unpaired) electrons. The zero-order valence-corrected chi connectivity index (χ0v) is 16.8. The molecule has 4 rings (SSSR count). The van der Waals surface area contributed by atoms with E-state index in [1.807, 2.05) is 24.3 Å². The quantitative estimate of drug-likeness (QED) is 0.816. The molecule has 8 heteroatoms. The Balaban J connectivity index is 1.47. The summed E-state index contributed by atoms with van der Waals surface area (Å²) in [4.78, 5) is 26.8. The van der Waals surface area contributed by atoms with Crippen LogP contribution in [0.2, 0.25) is 0 Å². The molecule has 0 bridgehead atoms. The van der Waals surface area contributed by atoms with Crippen LogP contribution in [0.1, 0.15) is 6.92 Å². The first-order valence-corrected chi connectivity index (χ1v) is 9.96. The Labute approximate surface area is 174 Å². The van der Waals surface area contributed by atoms with E-state index in [0.29, 0.717) is 24.5 Å². The monoisotopic (exact) mass is 413 g/mol.